The summed E-state index contributed by atoms with van der Waals surface area (Å²) in [6.45, 7) is 2.55. The molecule has 0 aliphatic rings. The van der Waals surface area contributed by atoms with E-state index < -0.39 is 0 Å². The van der Waals surface area contributed by atoms with Crippen molar-refractivity contribution in [3.63, 3.8) is 0 Å². The first kappa shape index (κ1) is 25.8. The average molecular weight is 737 g/mol. The fraction of sp³-hybridized carbons (Fsp3) is 0.0645. The number of aromatic nitrogens is 2. The molecular formula is C31H21I2N3O3. The maximum atomic E-state index is 13.5. The molecule has 0 spiro atoms. The fourth-order valence-corrected chi connectivity index (χ4v) is 6.37. The van der Waals surface area contributed by atoms with Gasteiger partial charge in [-0.15, -0.1) is 0 Å². The molecule has 8 heteroatoms. The monoisotopic (exact) mass is 737 g/mol. The molecule has 0 aliphatic heterocycles. The van der Waals surface area contributed by atoms with Crippen LogP contribution in [-0.4, -0.2) is 15.9 Å². The van der Waals surface area contributed by atoms with Gasteiger partial charge in [0.2, 0.25) is 5.82 Å². The minimum Gasteiger partial charge on any atom is -0.487 e. The highest BCUT2D eigenvalue weighted by molar-refractivity contribution is 14.1. The number of furan rings is 1. The Kier molecular flexibility index (Phi) is 7.22. The zero-order valence-corrected chi connectivity index (χ0v) is 25.1. The van der Waals surface area contributed by atoms with Crippen molar-refractivity contribution in [3.05, 3.63) is 125 Å². The smallest absolute Gasteiger partial charge is 0.282 e. The predicted octanol–water partition coefficient (Wildman–Crippen LogP) is 7.79. The van der Waals surface area contributed by atoms with Crippen LogP contribution in [-0.2, 0) is 6.61 Å². The molecule has 0 saturated carbocycles. The van der Waals surface area contributed by atoms with Gasteiger partial charge in [-0.25, -0.2) is 4.98 Å². The molecule has 0 saturated heterocycles. The van der Waals surface area contributed by atoms with Crippen molar-refractivity contribution in [1.29, 1.82) is 0 Å². The molecule has 0 aliphatic carbocycles. The number of hydrogen-bond donors (Lipinski definition) is 0. The Hall–Kier alpha value is -3.51. The van der Waals surface area contributed by atoms with Crippen LogP contribution in [0.15, 0.2) is 105 Å². The van der Waals surface area contributed by atoms with Crippen LogP contribution in [0.5, 0.6) is 5.75 Å². The maximum absolute atomic E-state index is 13.5. The van der Waals surface area contributed by atoms with Crippen LogP contribution in [0.4, 0.5) is 0 Å². The number of rotatable bonds is 6. The van der Waals surface area contributed by atoms with Crippen LogP contribution < -0.4 is 10.3 Å². The molecule has 0 N–H and O–H groups in total. The number of benzene rings is 4. The Morgan fingerprint density at radius 2 is 1.67 bits per heavy atom. The van der Waals surface area contributed by atoms with E-state index in [1.165, 1.54) is 10.2 Å². The summed E-state index contributed by atoms with van der Waals surface area (Å²) >= 11 is 4.54. The van der Waals surface area contributed by atoms with Gasteiger partial charge in [-0.3, -0.25) is 4.79 Å². The number of halogens is 2. The van der Waals surface area contributed by atoms with Gasteiger partial charge in [0.25, 0.3) is 5.56 Å². The average Bonchev–Trinajstić information content (AvgIpc) is 3.37. The van der Waals surface area contributed by atoms with E-state index in [0.29, 0.717) is 29.1 Å². The van der Waals surface area contributed by atoms with Crippen molar-refractivity contribution in [1.82, 2.24) is 9.66 Å². The van der Waals surface area contributed by atoms with Crippen molar-refractivity contribution in [2.24, 2.45) is 5.10 Å². The molecule has 6 aromatic rings. The van der Waals surface area contributed by atoms with Crippen molar-refractivity contribution in [3.8, 4) is 17.3 Å². The van der Waals surface area contributed by atoms with Crippen LogP contribution in [0.3, 0.4) is 0 Å². The molecule has 192 valence electrons. The van der Waals surface area contributed by atoms with Gasteiger partial charge in [0.15, 0.2) is 5.76 Å². The molecule has 0 amide bonds. The predicted molar refractivity (Wildman–Crippen MR) is 172 cm³/mol. The van der Waals surface area contributed by atoms with Gasteiger partial charge in [-0.1, -0.05) is 60.2 Å². The van der Waals surface area contributed by atoms with Crippen LogP contribution in [0, 0.1) is 14.1 Å². The first-order valence-electron chi connectivity index (χ1n) is 12.2. The normalized spacial score (nSPS) is 11.6. The number of aryl methyl sites for hydroxylation is 1. The highest BCUT2D eigenvalue weighted by Gasteiger charge is 2.16. The van der Waals surface area contributed by atoms with Gasteiger partial charge in [0.05, 0.1) is 24.3 Å². The molecule has 0 radical (unpaired) electrons. The van der Waals surface area contributed by atoms with Crippen LogP contribution >= 0.6 is 45.2 Å². The second-order valence-electron chi connectivity index (χ2n) is 9.05. The van der Waals surface area contributed by atoms with Crippen LogP contribution in [0.25, 0.3) is 33.5 Å². The lowest BCUT2D eigenvalue weighted by atomic mass is 10.2. The largest absolute Gasteiger partial charge is 0.487 e. The van der Waals surface area contributed by atoms with Gasteiger partial charge < -0.3 is 9.15 Å². The Labute approximate surface area is 251 Å². The molecule has 0 unspecified atom stereocenters. The molecule has 2 aromatic heterocycles. The zero-order valence-electron chi connectivity index (χ0n) is 20.8. The van der Waals surface area contributed by atoms with Gasteiger partial charge >= 0.3 is 0 Å². The van der Waals surface area contributed by atoms with E-state index in [0.717, 1.165) is 35.0 Å². The lowest BCUT2D eigenvalue weighted by Crippen LogP contribution is -2.20. The quantitative estimate of drug-likeness (QED) is 0.129. The second-order valence-corrected chi connectivity index (χ2v) is 11.4. The highest BCUT2D eigenvalue weighted by Crippen LogP contribution is 2.30. The van der Waals surface area contributed by atoms with Gasteiger partial charge in [0, 0.05) is 5.39 Å². The van der Waals surface area contributed by atoms with Crippen molar-refractivity contribution < 1.29 is 9.15 Å². The minimum atomic E-state index is -0.269. The summed E-state index contributed by atoms with van der Waals surface area (Å²) in [7, 11) is 0. The Balaban J connectivity index is 1.37. The van der Waals surface area contributed by atoms with Crippen LogP contribution in [0.1, 0.15) is 16.7 Å². The Morgan fingerprint density at radius 1 is 0.949 bits per heavy atom. The summed E-state index contributed by atoms with van der Waals surface area (Å²) in [5, 5.41) is 6.01. The summed E-state index contributed by atoms with van der Waals surface area (Å²) in [6, 6.07) is 29.1. The number of ether oxygens (including phenoxy) is 1. The summed E-state index contributed by atoms with van der Waals surface area (Å²) in [4.78, 5) is 18.3. The summed E-state index contributed by atoms with van der Waals surface area (Å²) in [5.41, 5.74) is 4.20. The second kappa shape index (κ2) is 10.9. The van der Waals surface area contributed by atoms with Crippen molar-refractivity contribution in [2.75, 3.05) is 0 Å². The number of nitrogens with zero attached hydrogens (tertiary/aromatic N) is 3. The first-order chi connectivity index (χ1) is 19.0. The van der Waals surface area contributed by atoms with E-state index in [1.54, 1.807) is 12.3 Å². The van der Waals surface area contributed by atoms with Crippen molar-refractivity contribution in [2.45, 2.75) is 13.5 Å². The van der Waals surface area contributed by atoms with Gasteiger partial charge in [-0.2, -0.15) is 9.78 Å². The zero-order chi connectivity index (χ0) is 26.9. The van der Waals surface area contributed by atoms with E-state index in [-0.39, 0.29) is 5.56 Å². The van der Waals surface area contributed by atoms with Gasteiger partial charge in [-0.05, 0) is 99.6 Å². The molecule has 4 aromatic carbocycles. The highest BCUT2D eigenvalue weighted by atomic mass is 127. The lowest BCUT2D eigenvalue weighted by Gasteiger charge is -2.12. The third-order valence-corrected chi connectivity index (χ3v) is 7.85. The fourth-order valence-electron chi connectivity index (χ4n) is 4.24. The molecule has 6 nitrogen and oxygen atoms in total. The number of hydrogen-bond acceptors (Lipinski definition) is 5. The molecule has 0 atom stereocenters. The van der Waals surface area contributed by atoms with E-state index in [9.17, 15) is 4.79 Å². The topological polar surface area (TPSA) is 69.6 Å². The Bertz CT molecular complexity index is 1870. The lowest BCUT2D eigenvalue weighted by molar-refractivity contribution is 0.301. The van der Waals surface area contributed by atoms with E-state index in [1.807, 2.05) is 60.7 Å². The minimum absolute atomic E-state index is 0.269. The van der Waals surface area contributed by atoms with Crippen molar-refractivity contribution >= 4 is 73.3 Å². The number of fused-ring (bicyclic) bond motifs is 2. The summed E-state index contributed by atoms with van der Waals surface area (Å²) < 4.78 is 15.4. The third-order valence-electron chi connectivity index (χ3n) is 6.25. The standard InChI is InChI=1S/C31H21I2N3O3/c1-19-10-12-20(13-11-19)18-38-29-24(32)14-21(15-25(29)33)17-34-36-30(28-16-22-6-2-5-9-27(22)39-28)35-26-8-4-3-7-23(26)31(36)37/h2-17H,18H2,1H3. The third kappa shape index (κ3) is 5.35. The molecular weight excluding hydrogens is 716 g/mol. The Morgan fingerprint density at radius 3 is 2.44 bits per heavy atom. The van der Waals surface area contributed by atoms with E-state index >= 15 is 0 Å². The summed E-state index contributed by atoms with van der Waals surface area (Å²) in [5.74, 6) is 1.63. The molecule has 0 bridgehead atoms. The van der Waals surface area contributed by atoms with E-state index in [4.69, 9.17) is 14.1 Å². The SMILES string of the molecule is Cc1ccc(COc2c(I)cc(C=Nn3c(-c4cc5ccccc5o4)nc4ccccc4c3=O)cc2I)cc1. The molecule has 0 fully saturated rings. The molecule has 6 rings (SSSR count). The molecule has 39 heavy (non-hydrogen) atoms. The number of para-hydroxylation sites is 2. The van der Waals surface area contributed by atoms with Crippen LogP contribution in [0.2, 0.25) is 0 Å². The van der Waals surface area contributed by atoms with Gasteiger partial charge in [0.1, 0.15) is 17.9 Å². The first-order valence-corrected chi connectivity index (χ1v) is 14.3. The summed E-state index contributed by atoms with van der Waals surface area (Å²) in [6.07, 6.45) is 1.66. The maximum Gasteiger partial charge on any atom is 0.282 e. The van der Waals surface area contributed by atoms with E-state index in [2.05, 4.69) is 81.5 Å². The molecule has 2 heterocycles.